The van der Waals surface area contributed by atoms with Gasteiger partial charge in [0.15, 0.2) is 0 Å². The van der Waals surface area contributed by atoms with E-state index in [0.717, 1.165) is 21.2 Å². The molecule has 0 radical (unpaired) electrons. The topological polar surface area (TPSA) is 49.7 Å². The van der Waals surface area contributed by atoms with E-state index in [1.54, 1.807) is 11.8 Å². The van der Waals surface area contributed by atoms with Crippen LogP contribution in [-0.4, -0.2) is 35.3 Å². The zero-order chi connectivity index (χ0) is 17.1. The van der Waals surface area contributed by atoms with Crippen LogP contribution in [0.2, 0.25) is 4.34 Å². The summed E-state index contributed by atoms with van der Waals surface area (Å²) in [6, 6.07) is 10.6. The molecule has 0 spiro atoms. The van der Waals surface area contributed by atoms with Crippen molar-refractivity contribution in [3.05, 3.63) is 50.7 Å². The van der Waals surface area contributed by atoms with Crippen molar-refractivity contribution in [2.75, 3.05) is 12.9 Å². The van der Waals surface area contributed by atoms with Crippen molar-refractivity contribution >= 4 is 34.7 Å². The molecular weight excluding hydrogens is 364 g/mol. The lowest BCUT2D eigenvalue weighted by Crippen LogP contribution is -2.33. The average molecular weight is 385 g/mol. The van der Waals surface area contributed by atoms with Gasteiger partial charge in [0.1, 0.15) is 0 Å². The number of ether oxygens (including phenoxy) is 1. The molecule has 130 valence electrons. The number of hydrogen-bond acceptors (Lipinski definition) is 5. The molecule has 3 unspecified atom stereocenters. The molecule has 24 heavy (non-hydrogen) atoms. The largest absolute Gasteiger partial charge is 0.394 e. The Balaban J connectivity index is 1.74. The first-order chi connectivity index (χ1) is 11.6. The summed E-state index contributed by atoms with van der Waals surface area (Å²) < 4.78 is 6.65. The second kappa shape index (κ2) is 8.21. The lowest BCUT2D eigenvalue weighted by Gasteiger charge is -2.31. The van der Waals surface area contributed by atoms with E-state index in [2.05, 4.69) is 36.6 Å². The highest BCUT2D eigenvalue weighted by Gasteiger charge is 2.30. The maximum absolute atomic E-state index is 9.98. The number of aliphatic hydroxyl groups excluding tert-OH is 2. The predicted octanol–water partition coefficient (Wildman–Crippen LogP) is 4.29. The first-order valence-electron chi connectivity index (χ1n) is 7.94. The number of thiophene rings is 1. The number of aliphatic hydroxyl groups is 2. The highest BCUT2D eigenvalue weighted by Crippen LogP contribution is 2.39. The summed E-state index contributed by atoms with van der Waals surface area (Å²) in [7, 11) is 0. The smallest absolute Gasteiger partial charge is 0.0967 e. The second-order valence-corrected chi connectivity index (χ2v) is 8.59. The maximum atomic E-state index is 9.98. The summed E-state index contributed by atoms with van der Waals surface area (Å²) in [4.78, 5) is 2.27. The Morgan fingerprint density at radius 3 is 2.71 bits per heavy atom. The molecule has 2 aromatic rings. The van der Waals surface area contributed by atoms with Gasteiger partial charge in [0.2, 0.25) is 0 Å². The average Bonchev–Trinajstić information content (AvgIpc) is 2.96. The fourth-order valence-corrected chi connectivity index (χ4v) is 4.71. The normalized spacial score (nSPS) is 24.2. The summed E-state index contributed by atoms with van der Waals surface area (Å²) in [5, 5.41) is 19.3. The van der Waals surface area contributed by atoms with E-state index in [9.17, 15) is 10.2 Å². The van der Waals surface area contributed by atoms with Crippen LogP contribution in [0.3, 0.4) is 0 Å². The third-order valence-corrected chi connectivity index (χ3v) is 6.50. The molecule has 0 amide bonds. The van der Waals surface area contributed by atoms with Crippen LogP contribution in [0.1, 0.15) is 34.9 Å². The lowest BCUT2D eigenvalue weighted by molar-refractivity contribution is -0.112. The van der Waals surface area contributed by atoms with E-state index in [-0.39, 0.29) is 18.8 Å². The molecule has 0 bridgehead atoms. The second-order valence-electron chi connectivity index (χ2n) is 6.03. The standard InChI is InChI=1S/C18H21ClO3S2/c1-23-15-4-2-11(3-5-15)6-12-7-17(24-18(12)19)16-9-13(21)8-14(10-20)22-16/h2-5,7,13-14,16,20-21H,6,8-10H2,1H3. The Morgan fingerprint density at radius 2 is 2.04 bits per heavy atom. The van der Waals surface area contributed by atoms with Crippen LogP contribution in [0.15, 0.2) is 35.2 Å². The third-order valence-electron chi connectivity index (χ3n) is 4.23. The number of halogens is 1. The van der Waals surface area contributed by atoms with Gasteiger partial charge in [-0.05, 0) is 42.0 Å². The van der Waals surface area contributed by atoms with E-state index in [1.165, 1.54) is 21.8 Å². The molecule has 6 heteroatoms. The van der Waals surface area contributed by atoms with Gasteiger partial charge in [0, 0.05) is 22.6 Å². The van der Waals surface area contributed by atoms with Gasteiger partial charge in [0.05, 0.1) is 29.3 Å². The Morgan fingerprint density at radius 1 is 1.29 bits per heavy atom. The number of thioether (sulfide) groups is 1. The van der Waals surface area contributed by atoms with Crippen molar-refractivity contribution in [1.82, 2.24) is 0 Å². The molecule has 1 aliphatic heterocycles. The fourth-order valence-electron chi connectivity index (χ4n) is 2.96. The predicted molar refractivity (Wildman–Crippen MR) is 100 cm³/mol. The van der Waals surface area contributed by atoms with Crippen LogP contribution in [0.25, 0.3) is 0 Å². The number of rotatable bonds is 5. The zero-order valence-corrected chi connectivity index (χ0v) is 15.8. The molecule has 1 fully saturated rings. The summed E-state index contributed by atoms with van der Waals surface area (Å²) >= 11 is 9.66. The van der Waals surface area contributed by atoms with E-state index >= 15 is 0 Å². The molecular formula is C18H21ClO3S2. The van der Waals surface area contributed by atoms with Crippen LogP contribution in [0.5, 0.6) is 0 Å². The molecule has 3 rings (SSSR count). The Labute approximate surface area is 155 Å². The van der Waals surface area contributed by atoms with Gasteiger partial charge in [-0.3, -0.25) is 0 Å². The monoisotopic (exact) mass is 384 g/mol. The van der Waals surface area contributed by atoms with E-state index in [4.69, 9.17) is 16.3 Å². The highest BCUT2D eigenvalue weighted by molar-refractivity contribution is 7.98. The van der Waals surface area contributed by atoms with Crippen LogP contribution in [-0.2, 0) is 11.2 Å². The molecule has 3 nitrogen and oxygen atoms in total. The van der Waals surface area contributed by atoms with Gasteiger partial charge >= 0.3 is 0 Å². The van der Waals surface area contributed by atoms with Gasteiger partial charge in [-0.1, -0.05) is 23.7 Å². The summed E-state index contributed by atoms with van der Waals surface area (Å²) in [5.74, 6) is 0. The lowest BCUT2D eigenvalue weighted by atomic mass is 9.99. The molecule has 2 heterocycles. The van der Waals surface area contributed by atoms with Crippen LogP contribution in [0.4, 0.5) is 0 Å². The van der Waals surface area contributed by atoms with Gasteiger partial charge in [-0.15, -0.1) is 23.1 Å². The quantitative estimate of drug-likeness (QED) is 0.755. The third kappa shape index (κ3) is 4.34. The minimum Gasteiger partial charge on any atom is -0.394 e. The number of benzene rings is 1. The van der Waals surface area contributed by atoms with Crippen LogP contribution in [0, 0.1) is 0 Å². The van der Waals surface area contributed by atoms with Crippen molar-refractivity contribution < 1.29 is 14.9 Å². The Hall–Kier alpha value is -0.560. The van der Waals surface area contributed by atoms with Crippen LogP contribution < -0.4 is 0 Å². The number of hydrogen-bond donors (Lipinski definition) is 2. The fraction of sp³-hybridized carbons (Fsp3) is 0.444. The molecule has 0 saturated carbocycles. The molecule has 1 saturated heterocycles. The molecule has 1 aromatic carbocycles. The van der Waals surface area contributed by atoms with Crippen molar-refractivity contribution in [3.8, 4) is 0 Å². The first-order valence-corrected chi connectivity index (χ1v) is 10.4. The first kappa shape index (κ1) is 18.2. The Bertz CT molecular complexity index is 671. The van der Waals surface area contributed by atoms with Gasteiger partial charge < -0.3 is 14.9 Å². The highest BCUT2D eigenvalue weighted by atomic mass is 35.5. The summed E-state index contributed by atoms with van der Waals surface area (Å²) in [5.41, 5.74) is 2.30. The van der Waals surface area contributed by atoms with Gasteiger partial charge in [-0.2, -0.15) is 0 Å². The van der Waals surface area contributed by atoms with Crippen molar-refractivity contribution in [2.24, 2.45) is 0 Å². The molecule has 0 aliphatic carbocycles. The summed E-state index contributed by atoms with van der Waals surface area (Å²) in [6.07, 6.45) is 2.95. The SMILES string of the molecule is CSc1ccc(Cc2cc(C3CC(O)CC(CO)O3)sc2Cl)cc1. The van der Waals surface area contributed by atoms with Crippen LogP contribution >= 0.6 is 34.7 Å². The van der Waals surface area contributed by atoms with Gasteiger partial charge in [-0.25, -0.2) is 0 Å². The van der Waals surface area contributed by atoms with E-state index in [1.807, 2.05) is 0 Å². The van der Waals surface area contributed by atoms with E-state index < -0.39 is 6.10 Å². The Kier molecular flexibility index (Phi) is 6.24. The summed E-state index contributed by atoms with van der Waals surface area (Å²) in [6.45, 7) is -0.0681. The minimum atomic E-state index is -0.440. The molecule has 2 N–H and O–H groups in total. The van der Waals surface area contributed by atoms with Crippen molar-refractivity contribution in [1.29, 1.82) is 0 Å². The van der Waals surface area contributed by atoms with Crippen molar-refractivity contribution in [3.63, 3.8) is 0 Å². The molecule has 1 aromatic heterocycles. The molecule has 1 aliphatic rings. The van der Waals surface area contributed by atoms with E-state index in [0.29, 0.717) is 12.8 Å². The molecule has 3 atom stereocenters. The van der Waals surface area contributed by atoms with Crippen molar-refractivity contribution in [2.45, 2.75) is 42.5 Å². The van der Waals surface area contributed by atoms with Gasteiger partial charge in [0.25, 0.3) is 0 Å². The zero-order valence-electron chi connectivity index (χ0n) is 13.4. The maximum Gasteiger partial charge on any atom is 0.0967 e. The minimum absolute atomic E-state index is 0.0681.